The van der Waals surface area contributed by atoms with Gasteiger partial charge >= 0.3 is 0 Å². The molecule has 0 aliphatic rings. The molecule has 0 aliphatic heterocycles. The molecule has 4 heteroatoms. The van der Waals surface area contributed by atoms with E-state index in [4.69, 9.17) is 0 Å². The molecule has 0 saturated carbocycles. The van der Waals surface area contributed by atoms with Gasteiger partial charge in [-0.2, -0.15) is 0 Å². The third-order valence-electron chi connectivity index (χ3n) is 2.09. The molecule has 82 valence electrons. The molecule has 0 aliphatic carbocycles. The lowest BCUT2D eigenvalue weighted by Crippen LogP contribution is -2.42. The number of nitrogens with one attached hydrogen (secondary N) is 1. The molecular formula is C11H16N2O2. The second-order valence-corrected chi connectivity index (χ2v) is 4.04. The van der Waals surface area contributed by atoms with Crippen LogP contribution in [0.4, 0.5) is 0 Å². The molecule has 1 aromatic heterocycles. The van der Waals surface area contributed by atoms with Gasteiger partial charge in [-0.1, -0.05) is 6.07 Å². The third kappa shape index (κ3) is 3.32. The topological polar surface area (TPSA) is 62.2 Å². The van der Waals surface area contributed by atoms with Crippen molar-refractivity contribution in [2.45, 2.75) is 32.4 Å². The van der Waals surface area contributed by atoms with E-state index in [9.17, 15) is 9.90 Å². The molecule has 1 atom stereocenters. The molecule has 1 amide bonds. The normalized spacial score (nSPS) is 13.3. The lowest BCUT2D eigenvalue weighted by molar-refractivity contribution is -0.137. The first-order chi connectivity index (χ1) is 6.91. The Balaban J connectivity index is 2.65. The van der Waals surface area contributed by atoms with Crippen molar-refractivity contribution in [2.75, 3.05) is 0 Å². The number of hydrogen-bond acceptors (Lipinski definition) is 3. The predicted molar refractivity (Wildman–Crippen MR) is 57.1 cm³/mol. The van der Waals surface area contributed by atoms with Gasteiger partial charge in [0.2, 0.25) is 0 Å². The summed E-state index contributed by atoms with van der Waals surface area (Å²) in [6.07, 6.45) is 3.36. The molecule has 0 radical (unpaired) electrons. The number of hydrogen-bond donors (Lipinski definition) is 2. The molecule has 0 bridgehead atoms. The van der Waals surface area contributed by atoms with Crippen molar-refractivity contribution < 1.29 is 9.90 Å². The van der Waals surface area contributed by atoms with Crippen LogP contribution in [0.25, 0.3) is 0 Å². The average Bonchev–Trinajstić information content (AvgIpc) is 2.17. The van der Waals surface area contributed by atoms with Crippen LogP contribution in [0, 0.1) is 0 Å². The number of carbonyl (C=O) groups is 1. The van der Waals surface area contributed by atoms with Crippen LogP contribution < -0.4 is 5.32 Å². The Bertz CT molecular complexity index is 330. The first kappa shape index (κ1) is 11.7. The van der Waals surface area contributed by atoms with E-state index in [-0.39, 0.29) is 11.9 Å². The van der Waals surface area contributed by atoms with Gasteiger partial charge in [0.05, 0.1) is 6.04 Å². The Kier molecular flexibility index (Phi) is 3.42. The highest BCUT2D eigenvalue weighted by Gasteiger charge is 2.25. The van der Waals surface area contributed by atoms with Crippen LogP contribution >= 0.6 is 0 Å². The minimum Gasteiger partial charge on any atom is -0.381 e. The molecule has 1 unspecified atom stereocenters. The van der Waals surface area contributed by atoms with Gasteiger partial charge in [0.15, 0.2) is 0 Å². The minimum atomic E-state index is -1.35. The number of rotatable bonds is 3. The van der Waals surface area contributed by atoms with Crippen molar-refractivity contribution in [3.63, 3.8) is 0 Å². The Labute approximate surface area is 89.3 Å². The Morgan fingerprint density at radius 1 is 1.60 bits per heavy atom. The Morgan fingerprint density at radius 3 is 2.73 bits per heavy atom. The molecule has 0 spiro atoms. The van der Waals surface area contributed by atoms with Crippen LogP contribution in [0.1, 0.15) is 32.4 Å². The molecular weight excluding hydrogens is 192 g/mol. The maximum absolute atomic E-state index is 11.5. The molecule has 1 aromatic rings. The summed E-state index contributed by atoms with van der Waals surface area (Å²) in [7, 11) is 0. The van der Waals surface area contributed by atoms with Crippen LogP contribution in [0.2, 0.25) is 0 Å². The van der Waals surface area contributed by atoms with Gasteiger partial charge in [0.1, 0.15) is 5.60 Å². The van der Waals surface area contributed by atoms with E-state index in [1.807, 2.05) is 19.1 Å². The maximum atomic E-state index is 11.5. The summed E-state index contributed by atoms with van der Waals surface area (Å²) in [6.45, 7) is 4.76. The fourth-order valence-corrected chi connectivity index (χ4v) is 1.09. The number of pyridine rings is 1. The molecule has 0 aromatic carbocycles. The summed E-state index contributed by atoms with van der Waals surface area (Å²) in [6, 6.07) is 3.53. The van der Waals surface area contributed by atoms with Crippen molar-refractivity contribution in [1.29, 1.82) is 0 Å². The van der Waals surface area contributed by atoms with Crippen molar-refractivity contribution in [1.82, 2.24) is 10.3 Å². The van der Waals surface area contributed by atoms with Gasteiger partial charge < -0.3 is 10.4 Å². The molecule has 15 heavy (non-hydrogen) atoms. The van der Waals surface area contributed by atoms with E-state index in [1.165, 1.54) is 13.8 Å². The zero-order valence-electron chi connectivity index (χ0n) is 9.19. The van der Waals surface area contributed by atoms with E-state index in [1.54, 1.807) is 12.4 Å². The fourth-order valence-electron chi connectivity index (χ4n) is 1.09. The maximum Gasteiger partial charge on any atom is 0.251 e. The Hall–Kier alpha value is -1.42. The summed E-state index contributed by atoms with van der Waals surface area (Å²) < 4.78 is 0. The molecule has 4 nitrogen and oxygen atoms in total. The zero-order valence-corrected chi connectivity index (χ0v) is 9.19. The van der Waals surface area contributed by atoms with E-state index in [2.05, 4.69) is 10.3 Å². The van der Waals surface area contributed by atoms with Crippen LogP contribution in [-0.2, 0) is 4.79 Å². The number of nitrogens with zero attached hydrogens (tertiary/aromatic N) is 1. The van der Waals surface area contributed by atoms with Gasteiger partial charge in [0.25, 0.3) is 5.91 Å². The monoisotopic (exact) mass is 208 g/mol. The highest BCUT2D eigenvalue weighted by atomic mass is 16.3. The molecule has 1 rings (SSSR count). The summed E-state index contributed by atoms with van der Waals surface area (Å²) in [5, 5.41) is 12.2. The van der Waals surface area contributed by atoms with Gasteiger partial charge in [-0.05, 0) is 32.4 Å². The lowest BCUT2D eigenvalue weighted by atomic mass is 10.1. The standard InChI is InChI=1S/C11H16N2O2/c1-8(9-5-4-6-12-7-9)13-10(14)11(2,3)15/h4-8,15H,1-3H3,(H,13,14). The number of aromatic nitrogens is 1. The Morgan fingerprint density at radius 2 is 2.27 bits per heavy atom. The largest absolute Gasteiger partial charge is 0.381 e. The average molecular weight is 208 g/mol. The van der Waals surface area contributed by atoms with Crippen LogP contribution in [-0.4, -0.2) is 21.6 Å². The summed E-state index contributed by atoms with van der Waals surface area (Å²) in [5.41, 5.74) is -0.439. The smallest absolute Gasteiger partial charge is 0.251 e. The van der Waals surface area contributed by atoms with E-state index in [0.717, 1.165) is 5.56 Å². The van der Waals surface area contributed by atoms with Crippen LogP contribution in [0.5, 0.6) is 0 Å². The number of aliphatic hydroxyl groups is 1. The molecule has 2 N–H and O–H groups in total. The van der Waals surface area contributed by atoms with E-state index < -0.39 is 5.60 Å². The van der Waals surface area contributed by atoms with Crippen molar-refractivity contribution >= 4 is 5.91 Å². The van der Waals surface area contributed by atoms with E-state index in [0.29, 0.717) is 0 Å². The first-order valence-corrected chi connectivity index (χ1v) is 4.84. The zero-order chi connectivity index (χ0) is 11.5. The second-order valence-electron chi connectivity index (χ2n) is 4.04. The molecule has 1 heterocycles. The van der Waals surface area contributed by atoms with Crippen LogP contribution in [0.3, 0.4) is 0 Å². The predicted octanol–water partition coefficient (Wildman–Crippen LogP) is 1.03. The quantitative estimate of drug-likeness (QED) is 0.779. The van der Waals surface area contributed by atoms with Gasteiger partial charge in [0, 0.05) is 12.4 Å². The highest BCUT2D eigenvalue weighted by molar-refractivity contribution is 5.84. The van der Waals surface area contributed by atoms with Gasteiger partial charge in [-0.25, -0.2) is 0 Å². The van der Waals surface area contributed by atoms with E-state index >= 15 is 0 Å². The summed E-state index contributed by atoms with van der Waals surface area (Å²) in [5.74, 6) is -0.390. The van der Waals surface area contributed by atoms with Crippen LogP contribution in [0.15, 0.2) is 24.5 Å². The van der Waals surface area contributed by atoms with Gasteiger partial charge in [-0.15, -0.1) is 0 Å². The van der Waals surface area contributed by atoms with Crippen molar-refractivity contribution in [2.24, 2.45) is 0 Å². The summed E-state index contributed by atoms with van der Waals surface area (Å²) >= 11 is 0. The highest BCUT2D eigenvalue weighted by Crippen LogP contribution is 2.11. The SMILES string of the molecule is CC(NC(=O)C(C)(C)O)c1cccnc1. The van der Waals surface area contributed by atoms with Crippen molar-refractivity contribution in [3.8, 4) is 0 Å². The number of carbonyl (C=O) groups excluding carboxylic acids is 1. The molecule has 0 saturated heterocycles. The number of amides is 1. The third-order valence-corrected chi connectivity index (χ3v) is 2.09. The summed E-state index contributed by atoms with van der Waals surface area (Å²) in [4.78, 5) is 15.4. The fraction of sp³-hybridized carbons (Fsp3) is 0.455. The lowest BCUT2D eigenvalue weighted by Gasteiger charge is -2.20. The molecule has 0 fully saturated rings. The first-order valence-electron chi connectivity index (χ1n) is 4.84. The minimum absolute atomic E-state index is 0.155. The van der Waals surface area contributed by atoms with Crippen molar-refractivity contribution in [3.05, 3.63) is 30.1 Å². The van der Waals surface area contributed by atoms with Gasteiger partial charge in [-0.3, -0.25) is 9.78 Å². The second kappa shape index (κ2) is 4.40.